The molecule has 1 aromatic rings. The van der Waals surface area contributed by atoms with Gasteiger partial charge in [0.15, 0.2) is 0 Å². The highest BCUT2D eigenvalue weighted by molar-refractivity contribution is 5.14. The highest BCUT2D eigenvalue weighted by atomic mass is 16.5. The molecule has 0 aliphatic heterocycles. The molecule has 78 valence electrons. The molecule has 1 N–H and O–H groups in total. The highest BCUT2D eigenvalue weighted by Crippen LogP contribution is 2.02. The number of benzene rings is 1. The Kier molecular flexibility index (Phi) is 4.63. The van der Waals surface area contributed by atoms with Gasteiger partial charge in [-0.1, -0.05) is 30.3 Å². The summed E-state index contributed by atoms with van der Waals surface area (Å²) in [5, 5.41) is 9.19. The van der Waals surface area contributed by atoms with E-state index >= 15 is 0 Å². The fourth-order valence-corrected chi connectivity index (χ4v) is 1.15. The van der Waals surface area contributed by atoms with Gasteiger partial charge in [0.05, 0.1) is 18.8 Å². The fraction of sp³-hybridized carbons (Fsp3) is 0.500. The van der Waals surface area contributed by atoms with Crippen molar-refractivity contribution in [1.29, 1.82) is 0 Å². The first-order valence-electron chi connectivity index (χ1n) is 5.03. The highest BCUT2D eigenvalue weighted by Gasteiger charge is 2.07. The molecule has 2 nitrogen and oxygen atoms in total. The largest absolute Gasteiger partial charge is 0.391 e. The van der Waals surface area contributed by atoms with Gasteiger partial charge in [-0.2, -0.15) is 0 Å². The monoisotopic (exact) mass is 194 g/mol. The zero-order valence-corrected chi connectivity index (χ0v) is 8.81. The summed E-state index contributed by atoms with van der Waals surface area (Å²) in [6.07, 6.45) is 0.419. The van der Waals surface area contributed by atoms with Gasteiger partial charge in [0.25, 0.3) is 0 Å². The summed E-state index contributed by atoms with van der Waals surface area (Å²) in [6.45, 7) is 4.29. The molecule has 0 fully saturated rings. The standard InChI is InChI=1S/C12H18O2/c1-10(13)11(2)14-9-8-12-6-4-3-5-7-12/h3-7,10-11,13H,8-9H2,1-2H3. The summed E-state index contributed by atoms with van der Waals surface area (Å²) in [5.41, 5.74) is 1.27. The minimum atomic E-state index is -0.397. The van der Waals surface area contributed by atoms with Gasteiger partial charge in [0.2, 0.25) is 0 Å². The maximum atomic E-state index is 9.19. The molecule has 0 radical (unpaired) electrons. The Bertz CT molecular complexity index is 244. The van der Waals surface area contributed by atoms with Crippen LogP contribution in [-0.4, -0.2) is 23.9 Å². The van der Waals surface area contributed by atoms with Crippen LogP contribution >= 0.6 is 0 Å². The minimum absolute atomic E-state index is 0.0845. The zero-order chi connectivity index (χ0) is 10.4. The summed E-state index contributed by atoms with van der Waals surface area (Å²) >= 11 is 0. The second-order valence-corrected chi connectivity index (χ2v) is 3.55. The van der Waals surface area contributed by atoms with E-state index < -0.39 is 6.10 Å². The van der Waals surface area contributed by atoms with Crippen molar-refractivity contribution >= 4 is 0 Å². The van der Waals surface area contributed by atoms with E-state index in [1.54, 1.807) is 6.92 Å². The van der Waals surface area contributed by atoms with E-state index in [0.29, 0.717) is 6.61 Å². The Labute approximate surface area is 85.5 Å². The van der Waals surface area contributed by atoms with Crippen molar-refractivity contribution in [2.45, 2.75) is 32.5 Å². The van der Waals surface area contributed by atoms with Crippen LogP contribution in [-0.2, 0) is 11.2 Å². The second-order valence-electron chi connectivity index (χ2n) is 3.55. The number of aliphatic hydroxyl groups excluding tert-OH is 1. The van der Waals surface area contributed by atoms with Gasteiger partial charge in [0, 0.05) is 0 Å². The van der Waals surface area contributed by atoms with Crippen LogP contribution in [0.1, 0.15) is 19.4 Å². The van der Waals surface area contributed by atoms with Crippen molar-refractivity contribution in [3.63, 3.8) is 0 Å². The average Bonchev–Trinajstić information content (AvgIpc) is 2.19. The van der Waals surface area contributed by atoms with Gasteiger partial charge < -0.3 is 9.84 Å². The lowest BCUT2D eigenvalue weighted by atomic mass is 10.2. The molecule has 1 rings (SSSR count). The number of hydrogen-bond donors (Lipinski definition) is 1. The number of aliphatic hydroxyl groups is 1. The number of hydrogen-bond acceptors (Lipinski definition) is 2. The predicted molar refractivity (Wildman–Crippen MR) is 57.2 cm³/mol. The van der Waals surface area contributed by atoms with Crippen LogP contribution in [0.4, 0.5) is 0 Å². The Morgan fingerprint density at radius 3 is 2.43 bits per heavy atom. The quantitative estimate of drug-likeness (QED) is 0.777. The van der Waals surface area contributed by atoms with Crippen molar-refractivity contribution < 1.29 is 9.84 Å². The molecule has 0 aliphatic carbocycles. The number of rotatable bonds is 5. The summed E-state index contributed by atoms with van der Waals surface area (Å²) < 4.78 is 5.46. The Morgan fingerprint density at radius 1 is 1.21 bits per heavy atom. The first kappa shape index (κ1) is 11.2. The molecule has 0 spiro atoms. The molecule has 0 aliphatic rings. The van der Waals surface area contributed by atoms with E-state index in [2.05, 4.69) is 12.1 Å². The summed E-state index contributed by atoms with van der Waals surface area (Å²) in [7, 11) is 0. The maximum absolute atomic E-state index is 9.19. The summed E-state index contributed by atoms with van der Waals surface area (Å²) in [6, 6.07) is 10.2. The van der Waals surface area contributed by atoms with Crippen LogP contribution < -0.4 is 0 Å². The molecule has 2 unspecified atom stereocenters. The molecule has 0 amide bonds. The Balaban J connectivity index is 2.22. The third kappa shape index (κ3) is 3.90. The van der Waals surface area contributed by atoms with E-state index in [1.807, 2.05) is 25.1 Å². The zero-order valence-electron chi connectivity index (χ0n) is 8.81. The lowest BCUT2D eigenvalue weighted by Crippen LogP contribution is -2.23. The van der Waals surface area contributed by atoms with Crippen LogP contribution in [0.5, 0.6) is 0 Å². The van der Waals surface area contributed by atoms with Crippen molar-refractivity contribution in [1.82, 2.24) is 0 Å². The molecule has 0 bridgehead atoms. The van der Waals surface area contributed by atoms with Gasteiger partial charge >= 0.3 is 0 Å². The molecule has 0 aromatic heterocycles. The van der Waals surface area contributed by atoms with E-state index in [9.17, 15) is 5.11 Å². The molecule has 0 saturated carbocycles. The maximum Gasteiger partial charge on any atom is 0.0803 e. The van der Waals surface area contributed by atoms with Gasteiger partial charge in [0.1, 0.15) is 0 Å². The van der Waals surface area contributed by atoms with E-state index in [0.717, 1.165) is 6.42 Å². The normalized spacial score (nSPS) is 15.1. The first-order chi connectivity index (χ1) is 6.70. The molecule has 0 saturated heterocycles. The van der Waals surface area contributed by atoms with E-state index in [4.69, 9.17) is 4.74 Å². The Hall–Kier alpha value is -0.860. The third-order valence-electron chi connectivity index (χ3n) is 2.29. The van der Waals surface area contributed by atoms with Crippen LogP contribution in [0.3, 0.4) is 0 Å². The summed E-state index contributed by atoms with van der Waals surface area (Å²) in [5.74, 6) is 0. The lowest BCUT2D eigenvalue weighted by Gasteiger charge is -2.15. The average molecular weight is 194 g/mol. The van der Waals surface area contributed by atoms with Gasteiger partial charge in [-0.25, -0.2) is 0 Å². The van der Waals surface area contributed by atoms with Gasteiger partial charge in [-0.3, -0.25) is 0 Å². The van der Waals surface area contributed by atoms with E-state index in [-0.39, 0.29) is 6.10 Å². The Morgan fingerprint density at radius 2 is 1.86 bits per heavy atom. The predicted octanol–water partition coefficient (Wildman–Crippen LogP) is 2.01. The molecule has 0 heterocycles. The molecule has 1 aromatic carbocycles. The molecule has 2 atom stereocenters. The third-order valence-corrected chi connectivity index (χ3v) is 2.29. The topological polar surface area (TPSA) is 29.5 Å². The minimum Gasteiger partial charge on any atom is -0.391 e. The van der Waals surface area contributed by atoms with E-state index in [1.165, 1.54) is 5.56 Å². The summed E-state index contributed by atoms with van der Waals surface area (Å²) in [4.78, 5) is 0. The van der Waals surface area contributed by atoms with Crippen LogP contribution in [0.15, 0.2) is 30.3 Å². The number of ether oxygens (including phenoxy) is 1. The molecular formula is C12H18O2. The van der Waals surface area contributed by atoms with Crippen LogP contribution in [0.25, 0.3) is 0 Å². The van der Waals surface area contributed by atoms with Crippen molar-refractivity contribution in [3.8, 4) is 0 Å². The van der Waals surface area contributed by atoms with Gasteiger partial charge in [-0.15, -0.1) is 0 Å². The van der Waals surface area contributed by atoms with Crippen molar-refractivity contribution in [2.75, 3.05) is 6.61 Å². The van der Waals surface area contributed by atoms with Crippen molar-refractivity contribution in [2.24, 2.45) is 0 Å². The molecular weight excluding hydrogens is 176 g/mol. The molecule has 2 heteroatoms. The molecule has 14 heavy (non-hydrogen) atoms. The van der Waals surface area contributed by atoms with Crippen LogP contribution in [0, 0.1) is 0 Å². The fourth-order valence-electron chi connectivity index (χ4n) is 1.15. The smallest absolute Gasteiger partial charge is 0.0803 e. The SMILES string of the molecule is CC(O)C(C)OCCc1ccccc1. The van der Waals surface area contributed by atoms with Crippen LogP contribution in [0.2, 0.25) is 0 Å². The lowest BCUT2D eigenvalue weighted by molar-refractivity contribution is -0.0168. The van der Waals surface area contributed by atoms with Crippen molar-refractivity contribution in [3.05, 3.63) is 35.9 Å². The first-order valence-corrected chi connectivity index (χ1v) is 5.03. The second kappa shape index (κ2) is 5.78. The van der Waals surface area contributed by atoms with Gasteiger partial charge in [-0.05, 0) is 25.8 Å².